The van der Waals surface area contributed by atoms with E-state index in [4.69, 9.17) is 0 Å². The molecule has 0 aliphatic carbocycles. The second-order valence-corrected chi connectivity index (χ2v) is 11.0. The summed E-state index contributed by atoms with van der Waals surface area (Å²) in [6, 6.07) is 8.41. The summed E-state index contributed by atoms with van der Waals surface area (Å²) < 4.78 is 1.32. The van der Waals surface area contributed by atoms with Gasteiger partial charge in [-0.25, -0.2) is 4.98 Å². The maximum Gasteiger partial charge on any atom is 0.313 e. The fraction of sp³-hybridized carbons (Fsp3) is 0.444. The predicted molar refractivity (Wildman–Crippen MR) is 146 cm³/mol. The first-order valence-corrected chi connectivity index (χ1v) is 13.8. The van der Waals surface area contributed by atoms with Crippen LogP contribution in [0, 0.1) is 5.92 Å². The Morgan fingerprint density at radius 1 is 1.11 bits per heavy atom. The minimum absolute atomic E-state index is 0.439. The SMILES string of the molecule is CC1CCCN(C(=O)C(=O)Nc2cncc3[nH]ncc23)C1.c1ccc2sc(CCN3CCCC3)nc2c1. The van der Waals surface area contributed by atoms with E-state index in [9.17, 15) is 9.59 Å². The quantitative estimate of drug-likeness (QED) is 0.393. The molecule has 2 aliphatic heterocycles. The summed E-state index contributed by atoms with van der Waals surface area (Å²) in [5.74, 6) is -0.670. The molecule has 37 heavy (non-hydrogen) atoms. The van der Waals surface area contributed by atoms with Gasteiger partial charge in [0.25, 0.3) is 0 Å². The molecular formula is C27H33N7O2S. The van der Waals surface area contributed by atoms with Crippen LogP contribution >= 0.6 is 11.3 Å². The number of anilines is 1. The Bertz CT molecular complexity index is 1330. The molecule has 0 spiro atoms. The number of para-hydroxylation sites is 1. The smallest absolute Gasteiger partial charge is 0.313 e. The van der Waals surface area contributed by atoms with E-state index in [1.807, 2.05) is 11.3 Å². The van der Waals surface area contributed by atoms with Crippen LogP contribution in [-0.2, 0) is 16.0 Å². The molecule has 4 aromatic rings. The Morgan fingerprint density at radius 3 is 2.76 bits per heavy atom. The Kier molecular flexibility index (Phi) is 8.05. The van der Waals surface area contributed by atoms with E-state index >= 15 is 0 Å². The van der Waals surface area contributed by atoms with Crippen molar-refractivity contribution in [3.05, 3.63) is 47.9 Å². The second-order valence-electron chi connectivity index (χ2n) is 9.85. The fourth-order valence-corrected chi connectivity index (χ4v) is 5.90. The highest BCUT2D eigenvalue weighted by molar-refractivity contribution is 7.18. The van der Waals surface area contributed by atoms with Crippen LogP contribution in [0.3, 0.4) is 0 Å². The number of likely N-dealkylation sites (tertiary alicyclic amines) is 2. The Hall–Kier alpha value is -3.37. The molecule has 1 unspecified atom stereocenters. The topological polar surface area (TPSA) is 107 Å². The minimum Gasteiger partial charge on any atom is -0.334 e. The zero-order valence-corrected chi connectivity index (χ0v) is 22.0. The number of pyridine rings is 1. The highest BCUT2D eigenvalue weighted by atomic mass is 32.1. The zero-order valence-electron chi connectivity index (χ0n) is 21.2. The number of thiazole rings is 1. The number of amides is 2. The van der Waals surface area contributed by atoms with Crippen molar-refractivity contribution in [1.82, 2.24) is 30.0 Å². The van der Waals surface area contributed by atoms with Crippen LogP contribution in [-0.4, -0.2) is 74.5 Å². The number of nitrogens with one attached hydrogen (secondary N) is 2. The summed E-state index contributed by atoms with van der Waals surface area (Å²) in [6.45, 7) is 7.12. The molecule has 2 amide bonds. The standard InChI is InChI=1S/C14H17N5O2.C13H16N2S/c1-9-3-2-4-19(8-9)14(21)13(20)17-11-6-15-7-12-10(11)5-16-18-12;1-2-6-12-11(5-1)14-13(16-12)7-10-15-8-3-4-9-15/h5-7,9H,2-4,8H2,1H3,(H,16,18)(H,17,20);1-2,5-6H,3-4,7-10H2. The van der Waals surface area contributed by atoms with Gasteiger partial charge in [0.05, 0.1) is 45.0 Å². The van der Waals surface area contributed by atoms with Crippen LogP contribution < -0.4 is 5.32 Å². The molecule has 2 saturated heterocycles. The average molecular weight is 520 g/mol. The van der Waals surface area contributed by atoms with E-state index < -0.39 is 11.8 Å². The molecule has 6 rings (SSSR count). The normalized spacial score (nSPS) is 18.1. The molecule has 2 aliphatic rings. The highest BCUT2D eigenvalue weighted by Crippen LogP contribution is 2.23. The summed E-state index contributed by atoms with van der Waals surface area (Å²) in [7, 11) is 0. The fourth-order valence-electron chi connectivity index (χ4n) is 4.94. The van der Waals surface area contributed by atoms with E-state index in [2.05, 4.69) is 61.6 Å². The van der Waals surface area contributed by atoms with E-state index in [0.29, 0.717) is 30.2 Å². The third-order valence-corrected chi connectivity index (χ3v) is 8.03. The van der Waals surface area contributed by atoms with Gasteiger partial charge in [0.15, 0.2) is 0 Å². The number of hydrogen-bond donors (Lipinski definition) is 2. The summed E-state index contributed by atoms with van der Waals surface area (Å²) in [5, 5.41) is 11.3. The summed E-state index contributed by atoms with van der Waals surface area (Å²) in [4.78, 5) is 37.2. The number of aromatic nitrogens is 4. The Labute approximate surface area is 220 Å². The molecule has 9 nitrogen and oxygen atoms in total. The summed E-state index contributed by atoms with van der Waals surface area (Å²) in [6.07, 6.45) is 10.6. The molecule has 10 heteroatoms. The summed E-state index contributed by atoms with van der Waals surface area (Å²) in [5.41, 5.74) is 2.36. The van der Waals surface area contributed by atoms with Crippen molar-refractivity contribution in [3.8, 4) is 0 Å². The van der Waals surface area contributed by atoms with Crippen LogP contribution in [0.25, 0.3) is 21.1 Å². The number of rotatable bonds is 4. The van der Waals surface area contributed by atoms with Gasteiger partial charge < -0.3 is 15.1 Å². The lowest BCUT2D eigenvalue weighted by Crippen LogP contribution is -2.44. The van der Waals surface area contributed by atoms with Gasteiger partial charge in [0.2, 0.25) is 0 Å². The number of aromatic amines is 1. The number of hydrogen-bond acceptors (Lipinski definition) is 7. The van der Waals surface area contributed by atoms with E-state index in [1.165, 1.54) is 48.4 Å². The number of benzene rings is 1. The van der Waals surface area contributed by atoms with Crippen LogP contribution in [0.2, 0.25) is 0 Å². The number of carbonyl (C=O) groups excluding carboxylic acids is 2. The second kappa shape index (κ2) is 11.8. The van der Waals surface area contributed by atoms with Crippen LogP contribution in [0.1, 0.15) is 37.6 Å². The average Bonchev–Trinajstić information content (AvgIpc) is 3.68. The first-order valence-electron chi connectivity index (χ1n) is 13.0. The van der Waals surface area contributed by atoms with Gasteiger partial charge in [-0.1, -0.05) is 19.1 Å². The van der Waals surface area contributed by atoms with E-state index in [-0.39, 0.29) is 0 Å². The predicted octanol–water partition coefficient (Wildman–Crippen LogP) is 4.09. The van der Waals surface area contributed by atoms with Crippen molar-refractivity contribution in [2.45, 2.75) is 39.0 Å². The van der Waals surface area contributed by atoms with E-state index in [0.717, 1.165) is 30.2 Å². The zero-order chi connectivity index (χ0) is 25.6. The van der Waals surface area contributed by atoms with Crippen LogP contribution in [0.5, 0.6) is 0 Å². The Morgan fingerprint density at radius 2 is 1.95 bits per heavy atom. The lowest BCUT2D eigenvalue weighted by Gasteiger charge is -2.30. The first kappa shape index (κ1) is 25.3. The number of carbonyl (C=O) groups is 2. The molecule has 2 N–H and O–H groups in total. The summed E-state index contributed by atoms with van der Waals surface area (Å²) >= 11 is 1.84. The lowest BCUT2D eigenvalue weighted by atomic mass is 10.0. The number of piperidine rings is 1. The van der Waals surface area contributed by atoms with Crippen molar-refractivity contribution in [1.29, 1.82) is 0 Å². The van der Waals surface area contributed by atoms with Crippen molar-refractivity contribution in [2.75, 3.05) is 38.0 Å². The molecule has 1 atom stereocenters. The number of nitrogens with zero attached hydrogens (tertiary/aromatic N) is 5. The third-order valence-electron chi connectivity index (χ3n) is 6.93. The maximum atomic E-state index is 12.2. The van der Waals surface area contributed by atoms with Gasteiger partial charge in [-0.15, -0.1) is 11.3 Å². The van der Waals surface area contributed by atoms with Crippen molar-refractivity contribution >= 4 is 50.0 Å². The molecule has 0 radical (unpaired) electrons. The van der Waals surface area contributed by atoms with Crippen molar-refractivity contribution in [3.63, 3.8) is 0 Å². The molecule has 3 aromatic heterocycles. The van der Waals surface area contributed by atoms with Crippen LogP contribution in [0.15, 0.2) is 42.9 Å². The molecule has 1 aromatic carbocycles. The van der Waals surface area contributed by atoms with Crippen molar-refractivity contribution < 1.29 is 9.59 Å². The van der Waals surface area contributed by atoms with E-state index in [1.54, 1.807) is 17.3 Å². The highest BCUT2D eigenvalue weighted by Gasteiger charge is 2.26. The maximum absolute atomic E-state index is 12.2. The van der Waals surface area contributed by atoms with Crippen LogP contribution in [0.4, 0.5) is 5.69 Å². The Balaban J connectivity index is 0.000000157. The molecular weight excluding hydrogens is 486 g/mol. The molecule has 0 saturated carbocycles. The van der Waals surface area contributed by atoms with Gasteiger partial charge >= 0.3 is 11.8 Å². The molecule has 5 heterocycles. The minimum atomic E-state index is -0.625. The molecule has 2 fully saturated rings. The number of H-pyrrole nitrogens is 1. The van der Waals surface area contributed by atoms with Crippen molar-refractivity contribution in [2.24, 2.45) is 5.92 Å². The monoisotopic (exact) mass is 519 g/mol. The van der Waals surface area contributed by atoms with Gasteiger partial charge in [0.1, 0.15) is 0 Å². The van der Waals surface area contributed by atoms with Gasteiger partial charge in [-0.3, -0.25) is 19.7 Å². The van der Waals surface area contributed by atoms with Gasteiger partial charge in [-0.2, -0.15) is 5.10 Å². The largest absolute Gasteiger partial charge is 0.334 e. The van der Waals surface area contributed by atoms with Gasteiger partial charge in [0, 0.05) is 31.4 Å². The molecule has 194 valence electrons. The van der Waals surface area contributed by atoms with Gasteiger partial charge in [-0.05, 0) is 56.8 Å². The molecule has 0 bridgehead atoms. The number of fused-ring (bicyclic) bond motifs is 2. The first-order chi connectivity index (χ1) is 18.1. The lowest BCUT2D eigenvalue weighted by molar-refractivity contribution is -0.144. The third kappa shape index (κ3) is 6.31.